The SMILES string of the molecule is c1cc2c(N3CCOCC3)ncnc2cn1. The Morgan fingerprint density at radius 2 is 2.06 bits per heavy atom. The van der Waals surface area contributed by atoms with E-state index in [1.165, 1.54) is 0 Å². The Morgan fingerprint density at radius 1 is 1.19 bits per heavy atom. The molecule has 5 heteroatoms. The van der Waals surface area contributed by atoms with Crippen LogP contribution >= 0.6 is 0 Å². The number of rotatable bonds is 1. The second-order valence-corrected chi connectivity index (χ2v) is 3.69. The van der Waals surface area contributed by atoms with Crippen LogP contribution in [0.1, 0.15) is 0 Å². The van der Waals surface area contributed by atoms with Gasteiger partial charge in [0.05, 0.1) is 24.9 Å². The van der Waals surface area contributed by atoms with Crippen molar-refractivity contribution in [2.75, 3.05) is 31.2 Å². The van der Waals surface area contributed by atoms with Crippen LogP contribution in [-0.4, -0.2) is 41.3 Å². The molecular weight excluding hydrogens is 204 g/mol. The molecule has 82 valence electrons. The van der Waals surface area contributed by atoms with Crippen molar-refractivity contribution in [3.05, 3.63) is 24.8 Å². The monoisotopic (exact) mass is 216 g/mol. The minimum atomic E-state index is 0.760. The zero-order valence-electron chi connectivity index (χ0n) is 8.83. The van der Waals surface area contributed by atoms with Gasteiger partial charge in [-0.05, 0) is 6.07 Å². The lowest BCUT2D eigenvalue weighted by atomic mass is 10.2. The highest BCUT2D eigenvalue weighted by Gasteiger charge is 2.15. The van der Waals surface area contributed by atoms with E-state index >= 15 is 0 Å². The molecule has 0 amide bonds. The minimum Gasteiger partial charge on any atom is -0.378 e. The summed E-state index contributed by atoms with van der Waals surface area (Å²) in [6, 6.07) is 1.96. The molecule has 16 heavy (non-hydrogen) atoms. The largest absolute Gasteiger partial charge is 0.378 e. The highest BCUT2D eigenvalue weighted by molar-refractivity contribution is 5.88. The Bertz CT molecular complexity index is 491. The number of morpholine rings is 1. The molecule has 0 bridgehead atoms. The first-order valence-electron chi connectivity index (χ1n) is 5.32. The van der Waals surface area contributed by atoms with Crippen molar-refractivity contribution in [2.24, 2.45) is 0 Å². The standard InChI is InChI=1S/C11H12N4O/c1-2-12-7-10-9(1)11(14-8-13-10)15-3-5-16-6-4-15/h1-2,7-8H,3-6H2. The summed E-state index contributed by atoms with van der Waals surface area (Å²) in [5.74, 6) is 0.982. The fourth-order valence-corrected chi connectivity index (χ4v) is 1.92. The molecule has 1 aliphatic rings. The van der Waals surface area contributed by atoms with Crippen LogP contribution in [0.3, 0.4) is 0 Å². The first kappa shape index (κ1) is 9.47. The van der Waals surface area contributed by atoms with E-state index in [-0.39, 0.29) is 0 Å². The summed E-state index contributed by atoms with van der Waals surface area (Å²) in [5, 5.41) is 1.06. The molecule has 3 heterocycles. The van der Waals surface area contributed by atoms with Gasteiger partial charge in [0.2, 0.25) is 0 Å². The predicted molar refractivity (Wildman–Crippen MR) is 60.4 cm³/mol. The number of nitrogens with zero attached hydrogens (tertiary/aromatic N) is 4. The molecule has 0 atom stereocenters. The van der Waals surface area contributed by atoms with Crippen LogP contribution in [0.4, 0.5) is 5.82 Å². The summed E-state index contributed by atoms with van der Waals surface area (Å²) in [6.07, 6.45) is 5.13. The van der Waals surface area contributed by atoms with Gasteiger partial charge in [-0.15, -0.1) is 0 Å². The van der Waals surface area contributed by atoms with E-state index in [2.05, 4.69) is 19.9 Å². The molecule has 3 rings (SSSR count). The average molecular weight is 216 g/mol. The Kier molecular flexibility index (Phi) is 2.38. The van der Waals surface area contributed by atoms with Crippen molar-refractivity contribution >= 4 is 16.7 Å². The van der Waals surface area contributed by atoms with Gasteiger partial charge in [0, 0.05) is 24.7 Å². The van der Waals surface area contributed by atoms with Crippen molar-refractivity contribution < 1.29 is 4.74 Å². The van der Waals surface area contributed by atoms with Gasteiger partial charge in [-0.25, -0.2) is 9.97 Å². The molecule has 0 unspecified atom stereocenters. The molecule has 0 spiro atoms. The summed E-state index contributed by atoms with van der Waals surface area (Å²) < 4.78 is 5.34. The van der Waals surface area contributed by atoms with Crippen LogP contribution in [0.2, 0.25) is 0 Å². The van der Waals surface area contributed by atoms with E-state index in [0.717, 1.165) is 43.0 Å². The first-order chi connectivity index (χ1) is 7.95. The molecule has 0 saturated carbocycles. The van der Waals surface area contributed by atoms with E-state index in [1.807, 2.05) is 6.07 Å². The van der Waals surface area contributed by atoms with Gasteiger partial charge in [0.15, 0.2) is 0 Å². The highest BCUT2D eigenvalue weighted by atomic mass is 16.5. The third-order valence-corrected chi connectivity index (χ3v) is 2.73. The van der Waals surface area contributed by atoms with E-state index in [1.54, 1.807) is 18.7 Å². The number of pyridine rings is 1. The maximum Gasteiger partial charge on any atom is 0.140 e. The van der Waals surface area contributed by atoms with Gasteiger partial charge in [0.25, 0.3) is 0 Å². The average Bonchev–Trinajstić information content (AvgIpc) is 2.39. The lowest BCUT2D eigenvalue weighted by Crippen LogP contribution is -2.36. The molecule has 1 saturated heterocycles. The van der Waals surface area contributed by atoms with Crippen LogP contribution in [-0.2, 0) is 4.74 Å². The normalized spacial score (nSPS) is 16.6. The van der Waals surface area contributed by atoms with Crippen LogP contribution in [0.25, 0.3) is 10.9 Å². The van der Waals surface area contributed by atoms with Gasteiger partial charge < -0.3 is 9.64 Å². The molecule has 1 aliphatic heterocycles. The lowest BCUT2D eigenvalue weighted by Gasteiger charge is -2.28. The zero-order valence-corrected chi connectivity index (χ0v) is 8.83. The number of anilines is 1. The van der Waals surface area contributed by atoms with E-state index in [9.17, 15) is 0 Å². The number of hydrogen-bond acceptors (Lipinski definition) is 5. The summed E-state index contributed by atoms with van der Waals surface area (Å²) >= 11 is 0. The van der Waals surface area contributed by atoms with Crippen molar-refractivity contribution in [1.82, 2.24) is 15.0 Å². The number of aromatic nitrogens is 3. The number of hydrogen-bond donors (Lipinski definition) is 0. The summed E-state index contributed by atoms with van der Waals surface area (Å²) in [7, 11) is 0. The summed E-state index contributed by atoms with van der Waals surface area (Å²) in [4.78, 5) is 14.9. The first-order valence-corrected chi connectivity index (χ1v) is 5.32. The topological polar surface area (TPSA) is 51.1 Å². The van der Waals surface area contributed by atoms with Crippen LogP contribution in [0.15, 0.2) is 24.8 Å². The Morgan fingerprint density at radius 3 is 2.94 bits per heavy atom. The van der Waals surface area contributed by atoms with E-state index in [4.69, 9.17) is 4.74 Å². The maximum atomic E-state index is 5.34. The Balaban J connectivity index is 2.08. The second kappa shape index (κ2) is 4.02. The van der Waals surface area contributed by atoms with Crippen molar-refractivity contribution in [3.63, 3.8) is 0 Å². The van der Waals surface area contributed by atoms with Gasteiger partial charge in [0.1, 0.15) is 12.1 Å². The van der Waals surface area contributed by atoms with Gasteiger partial charge in [-0.3, -0.25) is 4.98 Å². The smallest absolute Gasteiger partial charge is 0.140 e. The quantitative estimate of drug-likeness (QED) is 0.707. The fraction of sp³-hybridized carbons (Fsp3) is 0.364. The van der Waals surface area contributed by atoms with E-state index in [0.29, 0.717) is 0 Å². The maximum absolute atomic E-state index is 5.34. The summed E-state index contributed by atoms with van der Waals surface area (Å²) in [5.41, 5.74) is 0.888. The Labute approximate surface area is 93.1 Å². The second-order valence-electron chi connectivity index (χ2n) is 3.69. The molecule has 0 aromatic carbocycles. The predicted octanol–water partition coefficient (Wildman–Crippen LogP) is 0.861. The van der Waals surface area contributed by atoms with Crippen LogP contribution in [0, 0.1) is 0 Å². The third kappa shape index (κ3) is 1.59. The molecule has 5 nitrogen and oxygen atoms in total. The molecule has 1 fully saturated rings. The van der Waals surface area contributed by atoms with Crippen molar-refractivity contribution in [1.29, 1.82) is 0 Å². The van der Waals surface area contributed by atoms with Crippen molar-refractivity contribution in [2.45, 2.75) is 0 Å². The molecule has 0 aliphatic carbocycles. The number of ether oxygens (including phenoxy) is 1. The Hall–Kier alpha value is -1.75. The van der Waals surface area contributed by atoms with Gasteiger partial charge in [-0.1, -0.05) is 0 Å². The van der Waals surface area contributed by atoms with Crippen LogP contribution in [0.5, 0.6) is 0 Å². The van der Waals surface area contributed by atoms with Crippen LogP contribution < -0.4 is 4.90 Å². The lowest BCUT2D eigenvalue weighted by molar-refractivity contribution is 0.122. The molecule has 0 radical (unpaired) electrons. The summed E-state index contributed by atoms with van der Waals surface area (Å²) in [6.45, 7) is 3.29. The van der Waals surface area contributed by atoms with Gasteiger partial charge >= 0.3 is 0 Å². The molecule has 2 aromatic rings. The minimum absolute atomic E-state index is 0.760. The number of fused-ring (bicyclic) bond motifs is 1. The molecular formula is C11H12N4O. The van der Waals surface area contributed by atoms with Gasteiger partial charge in [-0.2, -0.15) is 0 Å². The van der Waals surface area contributed by atoms with E-state index < -0.39 is 0 Å². The zero-order chi connectivity index (χ0) is 10.8. The highest BCUT2D eigenvalue weighted by Crippen LogP contribution is 2.22. The molecule has 0 N–H and O–H groups in total. The third-order valence-electron chi connectivity index (χ3n) is 2.73. The van der Waals surface area contributed by atoms with Crippen molar-refractivity contribution in [3.8, 4) is 0 Å². The molecule has 2 aromatic heterocycles. The fourth-order valence-electron chi connectivity index (χ4n) is 1.92.